The predicted octanol–water partition coefficient (Wildman–Crippen LogP) is 4.56. The lowest BCUT2D eigenvalue weighted by atomic mass is 10.0. The van der Waals surface area contributed by atoms with Crippen molar-refractivity contribution in [3.05, 3.63) is 101 Å². The van der Waals surface area contributed by atoms with Gasteiger partial charge >= 0.3 is 6.18 Å². The Labute approximate surface area is 232 Å². The number of carbonyl (C=O) groups is 2. The summed E-state index contributed by atoms with van der Waals surface area (Å²) in [5, 5.41) is 2.75. The second-order valence-corrected chi connectivity index (χ2v) is 11.3. The van der Waals surface area contributed by atoms with Crippen LogP contribution in [0.1, 0.15) is 29.2 Å². The van der Waals surface area contributed by atoms with Gasteiger partial charge in [0.15, 0.2) is 0 Å². The third kappa shape index (κ3) is 8.08. The van der Waals surface area contributed by atoms with Gasteiger partial charge in [-0.3, -0.25) is 13.9 Å². The van der Waals surface area contributed by atoms with Crippen molar-refractivity contribution in [2.75, 3.05) is 23.7 Å². The molecule has 1 atom stereocenters. The third-order valence-corrected chi connectivity index (χ3v) is 7.51. The summed E-state index contributed by atoms with van der Waals surface area (Å²) in [6.07, 6.45) is -3.75. The highest BCUT2D eigenvalue weighted by Gasteiger charge is 2.35. The summed E-state index contributed by atoms with van der Waals surface area (Å²) < 4.78 is 66.3. The molecule has 0 aliphatic carbocycles. The van der Waals surface area contributed by atoms with E-state index in [0.29, 0.717) is 16.9 Å². The van der Waals surface area contributed by atoms with Crippen LogP contribution in [0.4, 0.5) is 18.9 Å². The Morgan fingerprint density at radius 1 is 0.950 bits per heavy atom. The number of hydrogen-bond donors (Lipinski definition) is 1. The van der Waals surface area contributed by atoms with Gasteiger partial charge in [-0.2, -0.15) is 13.2 Å². The van der Waals surface area contributed by atoms with Crippen LogP contribution >= 0.6 is 0 Å². The van der Waals surface area contributed by atoms with Crippen molar-refractivity contribution in [1.29, 1.82) is 0 Å². The second kappa shape index (κ2) is 13.0. The smallest absolute Gasteiger partial charge is 0.355 e. The van der Waals surface area contributed by atoms with Crippen LogP contribution in [0.3, 0.4) is 0 Å². The van der Waals surface area contributed by atoms with Gasteiger partial charge in [0.2, 0.25) is 21.8 Å². The molecule has 0 aromatic heterocycles. The number of anilines is 1. The number of benzene rings is 3. The second-order valence-electron chi connectivity index (χ2n) is 9.37. The number of amides is 2. The van der Waals surface area contributed by atoms with Gasteiger partial charge in [-0.25, -0.2) is 8.42 Å². The van der Waals surface area contributed by atoms with Crippen molar-refractivity contribution in [1.82, 2.24) is 10.2 Å². The number of aryl methyl sites for hydroxylation is 1. The Hall–Kier alpha value is -3.86. The normalized spacial score (nSPS) is 12.4. The van der Waals surface area contributed by atoms with Crippen LogP contribution in [0.2, 0.25) is 0 Å². The molecule has 7 nitrogen and oxygen atoms in total. The van der Waals surface area contributed by atoms with Crippen molar-refractivity contribution >= 4 is 27.5 Å². The summed E-state index contributed by atoms with van der Waals surface area (Å²) >= 11 is 0. The van der Waals surface area contributed by atoms with Gasteiger partial charge < -0.3 is 10.2 Å². The Morgan fingerprint density at radius 2 is 1.60 bits per heavy atom. The van der Waals surface area contributed by atoms with Crippen LogP contribution in [0.25, 0.3) is 0 Å². The maximum atomic E-state index is 13.9. The topological polar surface area (TPSA) is 86.8 Å². The van der Waals surface area contributed by atoms with E-state index in [-0.39, 0.29) is 18.7 Å². The van der Waals surface area contributed by atoms with Gasteiger partial charge in [0.25, 0.3) is 0 Å². The van der Waals surface area contributed by atoms with Crippen LogP contribution in [0.15, 0.2) is 78.9 Å². The SMILES string of the molecule is CCNC(=O)[C@@H](Cc1ccccc1)N(Cc1ccccc1C)C(=O)CN(c1cccc(C(F)(F)F)c1)S(C)(=O)=O. The molecule has 2 amide bonds. The molecule has 3 aromatic rings. The maximum absolute atomic E-state index is 13.9. The number of hydrogen-bond acceptors (Lipinski definition) is 4. The third-order valence-electron chi connectivity index (χ3n) is 6.36. The van der Waals surface area contributed by atoms with Gasteiger partial charge in [-0.1, -0.05) is 60.7 Å². The van der Waals surface area contributed by atoms with Gasteiger partial charge in [-0.15, -0.1) is 0 Å². The van der Waals surface area contributed by atoms with Gasteiger partial charge in [0.05, 0.1) is 17.5 Å². The number of carbonyl (C=O) groups excluding carboxylic acids is 2. The quantitative estimate of drug-likeness (QED) is 0.363. The van der Waals surface area contributed by atoms with Gasteiger partial charge in [0, 0.05) is 19.5 Å². The molecular formula is C29H32F3N3O4S. The molecule has 3 aromatic carbocycles. The van der Waals surface area contributed by atoms with E-state index in [0.717, 1.165) is 35.1 Å². The molecule has 3 rings (SSSR count). The van der Waals surface area contributed by atoms with E-state index in [1.807, 2.05) is 37.3 Å². The predicted molar refractivity (Wildman–Crippen MR) is 148 cm³/mol. The first kappa shape index (κ1) is 30.7. The average molecular weight is 576 g/mol. The van der Waals surface area contributed by atoms with Crippen molar-refractivity contribution in [3.8, 4) is 0 Å². The van der Waals surface area contributed by atoms with Crippen LogP contribution in [0.5, 0.6) is 0 Å². The highest BCUT2D eigenvalue weighted by Crippen LogP contribution is 2.32. The molecule has 0 radical (unpaired) electrons. The van der Waals surface area contributed by atoms with E-state index in [4.69, 9.17) is 0 Å². The molecule has 0 aliphatic rings. The van der Waals surface area contributed by atoms with E-state index < -0.39 is 46.2 Å². The Kier molecular flexibility index (Phi) is 9.97. The number of alkyl halides is 3. The molecule has 11 heteroatoms. The van der Waals surface area contributed by atoms with Crippen molar-refractivity contribution in [2.24, 2.45) is 0 Å². The standard InChI is InChI=1S/C29H32F3N3O4S/c1-4-33-28(37)26(17-22-12-6-5-7-13-22)34(19-23-14-9-8-11-21(23)2)27(36)20-35(40(3,38)39)25-16-10-15-24(18-25)29(30,31)32/h5-16,18,26H,4,17,19-20H2,1-3H3,(H,33,37)/t26-/m1/s1. The fourth-order valence-electron chi connectivity index (χ4n) is 4.27. The molecule has 40 heavy (non-hydrogen) atoms. The zero-order valence-electron chi connectivity index (χ0n) is 22.5. The number of halogens is 3. The molecule has 0 aliphatic heterocycles. The van der Waals surface area contributed by atoms with Crippen molar-refractivity contribution < 1.29 is 31.2 Å². The molecule has 0 spiro atoms. The van der Waals surface area contributed by atoms with E-state index in [1.165, 1.54) is 11.0 Å². The lowest BCUT2D eigenvalue weighted by Gasteiger charge is -2.34. The number of sulfonamides is 1. The average Bonchev–Trinajstić information content (AvgIpc) is 2.89. The Bertz CT molecular complexity index is 1430. The Balaban J connectivity index is 2.07. The number of rotatable bonds is 11. The van der Waals surface area contributed by atoms with Crippen LogP contribution in [-0.4, -0.2) is 50.5 Å². The van der Waals surface area contributed by atoms with Crippen LogP contribution in [0, 0.1) is 6.92 Å². The van der Waals surface area contributed by atoms with E-state index in [2.05, 4.69) is 5.32 Å². The fraction of sp³-hybridized carbons (Fsp3) is 0.310. The van der Waals surface area contributed by atoms with Gasteiger partial charge in [-0.05, 0) is 48.7 Å². The van der Waals surface area contributed by atoms with Gasteiger partial charge in [0.1, 0.15) is 12.6 Å². The first-order valence-electron chi connectivity index (χ1n) is 12.6. The largest absolute Gasteiger partial charge is 0.416 e. The minimum atomic E-state index is -4.71. The zero-order chi connectivity index (χ0) is 29.5. The van der Waals surface area contributed by atoms with E-state index >= 15 is 0 Å². The molecule has 0 heterocycles. The lowest BCUT2D eigenvalue weighted by molar-refractivity contribution is -0.140. The molecular weight excluding hydrogens is 543 g/mol. The molecule has 0 bridgehead atoms. The zero-order valence-corrected chi connectivity index (χ0v) is 23.3. The monoisotopic (exact) mass is 575 g/mol. The summed E-state index contributed by atoms with van der Waals surface area (Å²) in [6, 6.07) is 19.1. The van der Waals surface area contributed by atoms with Crippen LogP contribution in [-0.2, 0) is 38.8 Å². The van der Waals surface area contributed by atoms with Crippen molar-refractivity contribution in [3.63, 3.8) is 0 Å². The molecule has 1 N–H and O–H groups in total. The molecule has 214 valence electrons. The number of nitrogens with zero attached hydrogens (tertiary/aromatic N) is 2. The summed E-state index contributed by atoms with van der Waals surface area (Å²) in [5.41, 5.74) is 1.01. The molecule has 0 saturated carbocycles. The lowest BCUT2D eigenvalue weighted by Crippen LogP contribution is -2.53. The molecule has 0 saturated heterocycles. The molecule has 0 fully saturated rings. The highest BCUT2D eigenvalue weighted by molar-refractivity contribution is 7.92. The highest BCUT2D eigenvalue weighted by atomic mass is 32.2. The maximum Gasteiger partial charge on any atom is 0.416 e. The van der Waals surface area contributed by atoms with Crippen LogP contribution < -0.4 is 9.62 Å². The number of nitrogens with one attached hydrogen (secondary N) is 1. The first-order chi connectivity index (χ1) is 18.8. The summed E-state index contributed by atoms with van der Waals surface area (Å²) in [7, 11) is -4.19. The summed E-state index contributed by atoms with van der Waals surface area (Å²) in [6.45, 7) is 3.08. The minimum absolute atomic E-state index is 0.0136. The van der Waals surface area contributed by atoms with E-state index in [9.17, 15) is 31.2 Å². The van der Waals surface area contributed by atoms with E-state index in [1.54, 1.807) is 31.2 Å². The minimum Gasteiger partial charge on any atom is -0.355 e. The summed E-state index contributed by atoms with van der Waals surface area (Å²) in [5.74, 6) is -1.17. The Morgan fingerprint density at radius 3 is 2.20 bits per heavy atom. The summed E-state index contributed by atoms with van der Waals surface area (Å²) in [4.78, 5) is 28.5. The first-order valence-corrected chi connectivity index (χ1v) is 14.5. The number of likely N-dealkylation sites (N-methyl/N-ethyl adjacent to an activating group) is 1. The van der Waals surface area contributed by atoms with Crippen molar-refractivity contribution in [2.45, 2.75) is 39.0 Å². The fourth-order valence-corrected chi connectivity index (χ4v) is 5.11. The molecule has 0 unspecified atom stereocenters.